The van der Waals surface area contributed by atoms with E-state index in [9.17, 15) is 9.59 Å². The molecule has 0 radical (unpaired) electrons. The predicted octanol–water partition coefficient (Wildman–Crippen LogP) is 4.31. The molecule has 0 amide bonds. The van der Waals surface area contributed by atoms with Gasteiger partial charge in [-0.1, -0.05) is 55.8 Å². The Hall–Kier alpha value is -2.86. The van der Waals surface area contributed by atoms with Crippen LogP contribution in [0.1, 0.15) is 30.1 Å². The molecule has 0 fully saturated rings. The molecule has 0 heterocycles. The number of carbonyl (C=O) groups excluding carboxylic acids is 2. The summed E-state index contributed by atoms with van der Waals surface area (Å²) in [4.78, 5) is 31.6. The van der Waals surface area contributed by atoms with Crippen LogP contribution in [-0.2, 0) is 19.6 Å². The van der Waals surface area contributed by atoms with Crippen molar-refractivity contribution in [3.05, 3.63) is 60.2 Å². The summed E-state index contributed by atoms with van der Waals surface area (Å²) in [5, 5.41) is 4.16. The molecule has 0 aliphatic rings. The fourth-order valence-electron chi connectivity index (χ4n) is 1.90. The van der Waals surface area contributed by atoms with E-state index in [1.54, 1.807) is 18.2 Å². The molecular formula is C18H18O6. The summed E-state index contributed by atoms with van der Waals surface area (Å²) in [6, 6.07) is 16.4. The monoisotopic (exact) mass is 330 g/mol. The lowest BCUT2D eigenvalue weighted by Crippen LogP contribution is -2.12. The number of benzene rings is 2. The molecule has 126 valence electrons. The van der Waals surface area contributed by atoms with Crippen molar-refractivity contribution in [2.75, 3.05) is 6.61 Å². The summed E-state index contributed by atoms with van der Waals surface area (Å²) < 4.78 is 4.67. The molecule has 0 aliphatic carbocycles. The van der Waals surface area contributed by atoms with Crippen LogP contribution in [0, 0.1) is 0 Å². The molecule has 2 aromatic rings. The van der Waals surface area contributed by atoms with Gasteiger partial charge in [0, 0.05) is 0 Å². The zero-order valence-electron chi connectivity index (χ0n) is 13.3. The topological polar surface area (TPSA) is 71.1 Å². The van der Waals surface area contributed by atoms with Crippen LogP contribution in [0.15, 0.2) is 54.6 Å². The number of unbranched alkanes of at least 4 members (excludes halogenated alkanes) is 1. The Morgan fingerprint density at radius 2 is 1.67 bits per heavy atom. The zero-order valence-corrected chi connectivity index (χ0v) is 13.3. The van der Waals surface area contributed by atoms with Gasteiger partial charge in [0.2, 0.25) is 0 Å². The maximum absolute atomic E-state index is 11.9. The van der Waals surface area contributed by atoms with Gasteiger partial charge in [-0.15, -0.1) is 0 Å². The number of hydrogen-bond acceptors (Lipinski definition) is 6. The molecule has 0 N–H and O–H groups in total. The van der Waals surface area contributed by atoms with Gasteiger partial charge in [-0.3, -0.25) is 4.89 Å². The second-order valence-electron chi connectivity index (χ2n) is 4.92. The minimum absolute atomic E-state index is 0.214. The fraction of sp³-hybridized carbons (Fsp3) is 0.222. The molecule has 0 atom stereocenters. The van der Waals surface area contributed by atoms with E-state index in [2.05, 4.69) is 19.6 Å². The third-order valence-electron chi connectivity index (χ3n) is 3.13. The van der Waals surface area contributed by atoms with Crippen LogP contribution in [0.2, 0.25) is 0 Å². The first kappa shape index (κ1) is 17.5. The Morgan fingerprint density at radius 3 is 2.42 bits per heavy atom. The quantitative estimate of drug-likeness (QED) is 0.326. The molecule has 0 saturated carbocycles. The molecule has 0 saturated heterocycles. The molecular weight excluding hydrogens is 312 g/mol. The van der Waals surface area contributed by atoms with E-state index in [1.165, 1.54) is 0 Å². The highest BCUT2D eigenvalue weighted by molar-refractivity contribution is 5.90. The van der Waals surface area contributed by atoms with E-state index < -0.39 is 12.1 Å². The van der Waals surface area contributed by atoms with Gasteiger partial charge in [0.05, 0.1) is 17.2 Å². The van der Waals surface area contributed by atoms with Crippen LogP contribution in [0.25, 0.3) is 11.1 Å². The third kappa shape index (κ3) is 5.40. The lowest BCUT2D eigenvalue weighted by molar-refractivity contribution is -0.452. The maximum Gasteiger partial charge on any atom is 0.543 e. The second kappa shape index (κ2) is 9.32. The van der Waals surface area contributed by atoms with Crippen LogP contribution in [0.3, 0.4) is 0 Å². The zero-order chi connectivity index (χ0) is 17.2. The van der Waals surface area contributed by atoms with Crippen LogP contribution in [0.4, 0.5) is 4.79 Å². The number of carbonyl (C=O) groups is 2. The largest absolute Gasteiger partial charge is 0.543 e. The molecule has 0 unspecified atom stereocenters. The van der Waals surface area contributed by atoms with Crippen LogP contribution < -0.4 is 0 Å². The third-order valence-corrected chi connectivity index (χ3v) is 3.13. The standard InChI is InChI=1S/C18H18O6/c1-2-3-12-21-18(20)23-24-22-17(19)16-11-7-10-15(13-16)14-8-5-4-6-9-14/h4-11,13H,2-3,12H2,1H3. The molecule has 2 aromatic carbocycles. The van der Waals surface area contributed by atoms with Gasteiger partial charge in [-0.2, -0.15) is 0 Å². The Morgan fingerprint density at radius 1 is 0.917 bits per heavy atom. The predicted molar refractivity (Wildman–Crippen MR) is 85.7 cm³/mol. The number of rotatable bonds is 7. The van der Waals surface area contributed by atoms with Crippen molar-refractivity contribution in [1.29, 1.82) is 0 Å². The van der Waals surface area contributed by atoms with Crippen molar-refractivity contribution in [3.8, 4) is 11.1 Å². The highest BCUT2D eigenvalue weighted by Crippen LogP contribution is 2.20. The number of hydrogen-bond donors (Lipinski definition) is 0. The second-order valence-corrected chi connectivity index (χ2v) is 4.92. The average molecular weight is 330 g/mol. The van der Waals surface area contributed by atoms with Gasteiger partial charge in [0.1, 0.15) is 0 Å². The van der Waals surface area contributed by atoms with E-state index in [1.807, 2.05) is 43.3 Å². The summed E-state index contributed by atoms with van der Waals surface area (Å²) >= 11 is 0. The Labute approximate surface area is 139 Å². The number of ether oxygens (including phenoxy) is 1. The molecule has 24 heavy (non-hydrogen) atoms. The smallest absolute Gasteiger partial charge is 0.432 e. The molecule has 0 aromatic heterocycles. The highest BCUT2D eigenvalue weighted by Gasteiger charge is 2.12. The van der Waals surface area contributed by atoms with Crippen LogP contribution in [0.5, 0.6) is 0 Å². The average Bonchev–Trinajstić information content (AvgIpc) is 2.63. The van der Waals surface area contributed by atoms with E-state index in [0.717, 1.165) is 17.5 Å². The summed E-state index contributed by atoms with van der Waals surface area (Å²) in [6.07, 6.45) is 0.525. The molecule has 0 spiro atoms. The van der Waals surface area contributed by atoms with Gasteiger partial charge < -0.3 is 4.74 Å². The van der Waals surface area contributed by atoms with Gasteiger partial charge in [-0.25, -0.2) is 14.5 Å². The first-order valence-corrected chi connectivity index (χ1v) is 7.58. The first-order chi connectivity index (χ1) is 11.7. The van der Waals surface area contributed by atoms with E-state index in [0.29, 0.717) is 6.42 Å². The normalized spacial score (nSPS) is 10.0. The highest BCUT2D eigenvalue weighted by atomic mass is 17.5. The van der Waals surface area contributed by atoms with Crippen molar-refractivity contribution in [2.45, 2.75) is 19.8 Å². The van der Waals surface area contributed by atoms with Crippen molar-refractivity contribution in [2.24, 2.45) is 0 Å². The van der Waals surface area contributed by atoms with E-state index in [4.69, 9.17) is 0 Å². The van der Waals surface area contributed by atoms with Gasteiger partial charge in [-0.05, 0) is 29.7 Å². The van der Waals surface area contributed by atoms with Gasteiger partial charge in [0.15, 0.2) is 0 Å². The molecule has 0 bridgehead atoms. The van der Waals surface area contributed by atoms with Gasteiger partial charge >= 0.3 is 12.1 Å². The lowest BCUT2D eigenvalue weighted by atomic mass is 10.0. The summed E-state index contributed by atoms with van der Waals surface area (Å²) in [7, 11) is 0. The van der Waals surface area contributed by atoms with Gasteiger partial charge in [0.25, 0.3) is 0 Å². The van der Waals surface area contributed by atoms with E-state index in [-0.39, 0.29) is 12.2 Å². The summed E-state index contributed by atoms with van der Waals surface area (Å²) in [5.41, 5.74) is 2.08. The van der Waals surface area contributed by atoms with Crippen LogP contribution >= 0.6 is 0 Å². The summed E-state index contributed by atoms with van der Waals surface area (Å²) in [5.74, 6) is -0.783. The molecule has 0 aliphatic heterocycles. The maximum atomic E-state index is 11.9. The SMILES string of the molecule is CCCCOC(=O)OOOC(=O)c1cccc(-c2ccccc2)c1. The Balaban J connectivity index is 1.86. The lowest BCUT2D eigenvalue weighted by Gasteiger charge is -2.05. The van der Waals surface area contributed by atoms with Crippen LogP contribution in [-0.4, -0.2) is 18.7 Å². The van der Waals surface area contributed by atoms with Crippen molar-refractivity contribution in [1.82, 2.24) is 0 Å². The Bertz CT molecular complexity index is 668. The molecule has 6 nitrogen and oxygen atoms in total. The molecule has 2 rings (SSSR count). The Kier molecular flexibility index (Phi) is 6.79. The fourth-order valence-corrected chi connectivity index (χ4v) is 1.90. The minimum atomic E-state index is -1.06. The van der Waals surface area contributed by atoms with Crippen molar-refractivity contribution >= 4 is 12.1 Å². The van der Waals surface area contributed by atoms with E-state index >= 15 is 0 Å². The van der Waals surface area contributed by atoms with Crippen molar-refractivity contribution < 1.29 is 29.1 Å². The first-order valence-electron chi connectivity index (χ1n) is 7.58. The molecule has 6 heteroatoms. The minimum Gasteiger partial charge on any atom is -0.432 e. The van der Waals surface area contributed by atoms with Crippen molar-refractivity contribution in [3.63, 3.8) is 0 Å². The summed E-state index contributed by atoms with van der Waals surface area (Å²) in [6.45, 7) is 2.17.